The first-order valence-electron chi connectivity index (χ1n) is 8.59. The Morgan fingerprint density at radius 2 is 1.74 bits per heavy atom. The predicted octanol–water partition coefficient (Wildman–Crippen LogP) is 3.22. The number of hydrogen-bond donors (Lipinski definition) is 2. The maximum Gasteiger partial charge on any atom is 0.191 e. The molecule has 3 aromatic rings. The van der Waals surface area contributed by atoms with Crippen LogP contribution in [0.1, 0.15) is 11.3 Å². The van der Waals surface area contributed by atoms with Gasteiger partial charge in [-0.2, -0.15) is 5.10 Å². The number of para-hydroxylation sites is 2. The molecule has 2 aromatic carbocycles. The van der Waals surface area contributed by atoms with E-state index >= 15 is 0 Å². The first kappa shape index (κ1) is 18.4. The van der Waals surface area contributed by atoms with Crippen molar-refractivity contribution < 1.29 is 9.13 Å². The molecule has 3 rings (SSSR count). The lowest BCUT2D eigenvalue weighted by molar-refractivity contribution is 0.437. The highest BCUT2D eigenvalue weighted by Crippen LogP contribution is 2.27. The van der Waals surface area contributed by atoms with E-state index in [4.69, 9.17) is 4.74 Å². The van der Waals surface area contributed by atoms with Gasteiger partial charge in [0.25, 0.3) is 0 Å². The minimum absolute atomic E-state index is 0.198. The monoisotopic (exact) mass is 367 g/mol. The quantitative estimate of drug-likeness (QED) is 0.519. The van der Waals surface area contributed by atoms with Crippen LogP contribution >= 0.6 is 0 Å². The molecule has 27 heavy (non-hydrogen) atoms. The lowest BCUT2D eigenvalue weighted by atomic mass is 10.2. The van der Waals surface area contributed by atoms with Crippen LogP contribution in [-0.2, 0) is 20.1 Å². The summed E-state index contributed by atoms with van der Waals surface area (Å²) in [5, 5.41) is 10.6. The standard InChI is InChI=1S/C20H22FN5O/c1-22-20(24-14-16-11-12-25-26(16)2)23-13-15-7-3-5-9-18(15)27-19-10-6-4-8-17(19)21/h3-12H,13-14H2,1-2H3,(H2,22,23,24). The molecule has 1 aromatic heterocycles. The number of ether oxygens (including phenoxy) is 1. The van der Waals surface area contributed by atoms with Crippen molar-refractivity contribution in [1.82, 2.24) is 20.4 Å². The summed E-state index contributed by atoms with van der Waals surface area (Å²) in [6.45, 7) is 1.08. The molecule has 0 unspecified atom stereocenters. The van der Waals surface area contributed by atoms with E-state index in [0.29, 0.717) is 24.8 Å². The average molecular weight is 367 g/mol. The Morgan fingerprint density at radius 3 is 2.44 bits per heavy atom. The molecule has 0 aliphatic carbocycles. The molecule has 0 aliphatic rings. The summed E-state index contributed by atoms with van der Waals surface area (Å²) >= 11 is 0. The van der Waals surface area contributed by atoms with Crippen molar-refractivity contribution in [3.05, 3.63) is 77.9 Å². The van der Waals surface area contributed by atoms with E-state index in [9.17, 15) is 4.39 Å². The minimum Gasteiger partial charge on any atom is -0.454 e. The Hall–Kier alpha value is -3.35. The summed E-state index contributed by atoms with van der Waals surface area (Å²) in [6, 6.07) is 15.8. The number of benzene rings is 2. The van der Waals surface area contributed by atoms with Crippen LogP contribution in [0.3, 0.4) is 0 Å². The molecule has 1 heterocycles. The summed E-state index contributed by atoms with van der Waals surface area (Å²) in [7, 11) is 3.60. The van der Waals surface area contributed by atoms with Gasteiger partial charge >= 0.3 is 0 Å². The van der Waals surface area contributed by atoms with Crippen molar-refractivity contribution in [2.75, 3.05) is 7.05 Å². The van der Waals surface area contributed by atoms with Crippen LogP contribution in [0.4, 0.5) is 4.39 Å². The van der Waals surface area contributed by atoms with E-state index in [1.807, 2.05) is 37.4 Å². The number of rotatable bonds is 6. The molecule has 0 radical (unpaired) electrons. The zero-order valence-electron chi connectivity index (χ0n) is 15.3. The Morgan fingerprint density at radius 1 is 1.04 bits per heavy atom. The molecule has 0 bridgehead atoms. The van der Waals surface area contributed by atoms with Crippen molar-refractivity contribution >= 4 is 5.96 Å². The van der Waals surface area contributed by atoms with Crippen molar-refractivity contribution in [2.24, 2.45) is 12.0 Å². The molecule has 0 atom stereocenters. The molecule has 0 spiro atoms. The van der Waals surface area contributed by atoms with Crippen LogP contribution in [0.15, 0.2) is 65.8 Å². The molecule has 0 saturated carbocycles. The maximum atomic E-state index is 13.9. The highest BCUT2D eigenvalue weighted by molar-refractivity contribution is 5.79. The van der Waals surface area contributed by atoms with Crippen LogP contribution in [0.25, 0.3) is 0 Å². The molecule has 2 N–H and O–H groups in total. The van der Waals surface area contributed by atoms with Crippen LogP contribution in [-0.4, -0.2) is 22.8 Å². The van der Waals surface area contributed by atoms with E-state index in [-0.39, 0.29) is 5.75 Å². The number of aryl methyl sites for hydroxylation is 1. The van der Waals surface area contributed by atoms with Crippen molar-refractivity contribution in [3.8, 4) is 11.5 Å². The number of halogens is 1. The fraction of sp³-hybridized carbons (Fsp3) is 0.200. The second-order valence-electron chi connectivity index (χ2n) is 5.87. The SMILES string of the molecule is CN=C(NCc1ccccc1Oc1ccccc1F)NCc1ccnn1C. The summed E-state index contributed by atoms with van der Waals surface area (Å²) in [6.07, 6.45) is 1.75. The van der Waals surface area contributed by atoms with Gasteiger partial charge in [-0.1, -0.05) is 30.3 Å². The zero-order chi connectivity index (χ0) is 19.1. The Kier molecular flexibility index (Phi) is 6.04. The number of nitrogens with zero attached hydrogens (tertiary/aromatic N) is 3. The van der Waals surface area contributed by atoms with Crippen molar-refractivity contribution in [3.63, 3.8) is 0 Å². The fourth-order valence-corrected chi connectivity index (χ4v) is 2.54. The largest absolute Gasteiger partial charge is 0.454 e. The van der Waals surface area contributed by atoms with E-state index in [1.165, 1.54) is 6.07 Å². The number of nitrogens with one attached hydrogen (secondary N) is 2. The smallest absolute Gasteiger partial charge is 0.191 e. The van der Waals surface area contributed by atoms with Gasteiger partial charge in [0.05, 0.1) is 12.2 Å². The molecule has 0 saturated heterocycles. The molecule has 6 nitrogen and oxygen atoms in total. The Labute approximate surface area is 157 Å². The second kappa shape index (κ2) is 8.84. The summed E-state index contributed by atoms with van der Waals surface area (Å²) in [5.74, 6) is 1.05. The van der Waals surface area contributed by atoms with Gasteiger partial charge < -0.3 is 15.4 Å². The number of aromatic nitrogens is 2. The number of hydrogen-bond acceptors (Lipinski definition) is 3. The normalized spacial score (nSPS) is 11.3. The minimum atomic E-state index is -0.395. The molecular formula is C20H22FN5O. The first-order valence-corrected chi connectivity index (χ1v) is 8.59. The van der Waals surface area contributed by atoms with E-state index < -0.39 is 5.82 Å². The van der Waals surface area contributed by atoms with Crippen molar-refractivity contribution in [2.45, 2.75) is 13.1 Å². The van der Waals surface area contributed by atoms with Gasteiger partial charge in [0, 0.05) is 32.4 Å². The Balaban J connectivity index is 1.63. The van der Waals surface area contributed by atoms with Crippen LogP contribution in [0, 0.1) is 5.82 Å². The summed E-state index contributed by atoms with van der Waals surface area (Å²) < 4.78 is 21.4. The van der Waals surface area contributed by atoms with Gasteiger partial charge in [-0.25, -0.2) is 4.39 Å². The third-order valence-corrected chi connectivity index (χ3v) is 4.06. The number of guanidine groups is 1. The van der Waals surface area contributed by atoms with E-state index in [0.717, 1.165) is 11.3 Å². The lowest BCUT2D eigenvalue weighted by Crippen LogP contribution is -2.36. The molecule has 7 heteroatoms. The summed E-state index contributed by atoms with van der Waals surface area (Å²) in [5.41, 5.74) is 1.94. The van der Waals surface area contributed by atoms with Gasteiger partial charge in [0.15, 0.2) is 17.5 Å². The Bertz CT molecular complexity index is 922. The molecule has 140 valence electrons. The number of aliphatic imine (C=N–C) groups is 1. The predicted molar refractivity (Wildman–Crippen MR) is 103 cm³/mol. The highest BCUT2D eigenvalue weighted by atomic mass is 19.1. The third-order valence-electron chi connectivity index (χ3n) is 4.06. The van der Waals surface area contributed by atoms with Gasteiger partial charge in [-0.15, -0.1) is 0 Å². The van der Waals surface area contributed by atoms with Crippen LogP contribution in [0.2, 0.25) is 0 Å². The van der Waals surface area contributed by atoms with Crippen molar-refractivity contribution in [1.29, 1.82) is 0 Å². The zero-order valence-corrected chi connectivity index (χ0v) is 15.3. The highest BCUT2D eigenvalue weighted by Gasteiger charge is 2.09. The third kappa shape index (κ3) is 4.84. The van der Waals surface area contributed by atoms with Gasteiger partial charge in [-0.3, -0.25) is 9.67 Å². The molecule has 0 aliphatic heterocycles. The van der Waals surface area contributed by atoms with Gasteiger partial charge in [0.2, 0.25) is 0 Å². The van der Waals surface area contributed by atoms with Crippen LogP contribution in [0.5, 0.6) is 11.5 Å². The van der Waals surface area contributed by atoms with E-state index in [1.54, 1.807) is 36.1 Å². The maximum absolute atomic E-state index is 13.9. The first-order chi connectivity index (χ1) is 13.2. The topological polar surface area (TPSA) is 63.5 Å². The average Bonchev–Trinajstić information content (AvgIpc) is 3.10. The van der Waals surface area contributed by atoms with Gasteiger partial charge in [0.1, 0.15) is 5.75 Å². The fourth-order valence-electron chi connectivity index (χ4n) is 2.54. The van der Waals surface area contributed by atoms with Gasteiger partial charge in [-0.05, 0) is 24.3 Å². The second-order valence-corrected chi connectivity index (χ2v) is 5.87. The lowest BCUT2D eigenvalue weighted by Gasteiger charge is -2.15. The molecular weight excluding hydrogens is 345 g/mol. The summed E-state index contributed by atoms with van der Waals surface area (Å²) in [4.78, 5) is 4.22. The molecule has 0 amide bonds. The van der Waals surface area contributed by atoms with Crippen LogP contribution < -0.4 is 15.4 Å². The van der Waals surface area contributed by atoms with E-state index in [2.05, 4.69) is 20.7 Å². The molecule has 0 fully saturated rings.